The monoisotopic (exact) mass is 345 g/mol. The number of carbonyl (C=O) groups is 2. The van der Waals surface area contributed by atoms with E-state index in [1.54, 1.807) is 6.08 Å². The van der Waals surface area contributed by atoms with E-state index in [4.69, 9.17) is 5.11 Å². The molecule has 0 aliphatic carbocycles. The Morgan fingerprint density at radius 2 is 1.92 bits per heavy atom. The maximum Gasteiger partial charge on any atom is 0.303 e. The van der Waals surface area contributed by atoms with E-state index in [1.807, 2.05) is 41.3 Å². The molecule has 1 aromatic rings. The summed E-state index contributed by atoms with van der Waals surface area (Å²) in [5.74, 6) is -0.591. The zero-order valence-corrected chi connectivity index (χ0v) is 14.5. The Balaban J connectivity index is 1.78. The lowest BCUT2D eigenvalue weighted by molar-refractivity contribution is -0.137. The van der Waals surface area contributed by atoms with E-state index in [-0.39, 0.29) is 18.4 Å². The van der Waals surface area contributed by atoms with E-state index in [9.17, 15) is 14.7 Å². The Kier molecular flexibility index (Phi) is 7.67. The summed E-state index contributed by atoms with van der Waals surface area (Å²) in [6, 6.07) is 9.50. The normalized spacial score (nSPS) is 18.8. The number of carboxylic acid groups (broad SMARTS) is 1. The van der Waals surface area contributed by atoms with Crippen molar-refractivity contribution >= 4 is 11.9 Å². The summed E-state index contributed by atoms with van der Waals surface area (Å²) < 4.78 is 0. The number of hydrogen-bond acceptors (Lipinski definition) is 3. The Labute approximate surface area is 149 Å². The third-order valence-corrected chi connectivity index (χ3v) is 4.57. The van der Waals surface area contributed by atoms with Gasteiger partial charge >= 0.3 is 5.97 Å². The molecule has 5 heteroatoms. The lowest BCUT2D eigenvalue weighted by atomic mass is 10.1. The van der Waals surface area contributed by atoms with Crippen molar-refractivity contribution in [1.29, 1.82) is 0 Å². The zero-order valence-electron chi connectivity index (χ0n) is 14.5. The van der Waals surface area contributed by atoms with Crippen molar-refractivity contribution < 1.29 is 19.8 Å². The molecule has 25 heavy (non-hydrogen) atoms. The number of hydrogen-bond donors (Lipinski definition) is 2. The second kappa shape index (κ2) is 9.99. The minimum absolute atomic E-state index is 0.0462. The Bertz CT molecular complexity index is 585. The fraction of sp³-hybridized carbons (Fsp3) is 0.500. The maximum absolute atomic E-state index is 12.1. The van der Waals surface area contributed by atoms with Crippen LogP contribution in [-0.4, -0.2) is 39.6 Å². The molecule has 1 saturated heterocycles. The largest absolute Gasteiger partial charge is 0.481 e. The van der Waals surface area contributed by atoms with E-state index < -0.39 is 12.1 Å². The van der Waals surface area contributed by atoms with Gasteiger partial charge in [0.15, 0.2) is 0 Å². The summed E-state index contributed by atoms with van der Waals surface area (Å²) in [4.78, 5) is 24.4. The van der Waals surface area contributed by atoms with Gasteiger partial charge in [-0.05, 0) is 24.8 Å². The van der Waals surface area contributed by atoms with E-state index in [2.05, 4.69) is 0 Å². The van der Waals surface area contributed by atoms with Crippen LogP contribution in [0.1, 0.15) is 56.6 Å². The number of likely N-dealkylation sites (tertiary alicyclic amines) is 1. The van der Waals surface area contributed by atoms with Crippen LogP contribution >= 0.6 is 0 Å². The van der Waals surface area contributed by atoms with Crippen molar-refractivity contribution in [1.82, 2.24) is 4.90 Å². The summed E-state index contributed by atoms with van der Waals surface area (Å²) >= 11 is 0. The van der Waals surface area contributed by atoms with Gasteiger partial charge in [-0.2, -0.15) is 0 Å². The van der Waals surface area contributed by atoms with E-state index in [0.717, 1.165) is 31.2 Å². The molecule has 0 aromatic heterocycles. The van der Waals surface area contributed by atoms with Gasteiger partial charge in [-0.3, -0.25) is 9.59 Å². The molecular weight excluding hydrogens is 318 g/mol. The van der Waals surface area contributed by atoms with Crippen molar-refractivity contribution in [2.24, 2.45) is 0 Å². The average molecular weight is 345 g/mol. The number of aliphatic carboxylic acids is 1. The molecule has 1 aromatic carbocycles. The first-order valence-corrected chi connectivity index (χ1v) is 9.00. The maximum atomic E-state index is 12.1. The number of aliphatic hydroxyl groups is 1. The number of aliphatic hydroxyl groups excluding tert-OH is 1. The van der Waals surface area contributed by atoms with Crippen molar-refractivity contribution in [3.63, 3.8) is 0 Å². The molecule has 1 heterocycles. The van der Waals surface area contributed by atoms with Crippen LogP contribution in [-0.2, 0) is 9.59 Å². The molecule has 1 aliphatic heterocycles. The van der Waals surface area contributed by atoms with Crippen LogP contribution < -0.4 is 0 Å². The Hall–Kier alpha value is -2.14. The second-order valence-electron chi connectivity index (χ2n) is 6.49. The molecular formula is C20H27NO4. The quantitative estimate of drug-likeness (QED) is 0.504. The minimum atomic E-state index is -0.753. The van der Waals surface area contributed by atoms with Crippen molar-refractivity contribution in [2.45, 2.75) is 57.1 Å². The fourth-order valence-electron chi connectivity index (χ4n) is 3.15. The number of nitrogens with zero attached hydrogens (tertiary/aromatic N) is 1. The van der Waals surface area contributed by atoms with Gasteiger partial charge in [-0.1, -0.05) is 55.3 Å². The zero-order chi connectivity index (χ0) is 18.1. The van der Waals surface area contributed by atoms with Gasteiger partial charge in [0.25, 0.3) is 0 Å². The van der Waals surface area contributed by atoms with Gasteiger partial charge in [-0.15, -0.1) is 0 Å². The van der Waals surface area contributed by atoms with Gasteiger partial charge in [0, 0.05) is 19.4 Å². The van der Waals surface area contributed by atoms with Crippen LogP contribution in [0.4, 0.5) is 0 Å². The van der Waals surface area contributed by atoms with Gasteiger partial charge in [0.05, 0.1) is 12.1 Å². The molecule has 1 amide bonds. The van der Waals surface area contributed by atoms with Gasteiger partial charge in [0.1, 0.15) is 0 Å². The summed E-state index contributed by atoms with van der Waals surface area (Å²) in [7, 11) is 0. The average Bonchev–Trinajstić information content (AvgIpc) is 2.96. The molecule has 0 bridgehead atoms. The third kappa shape index (κ3) is 6.35. The number of rotatable bonds is 10. The first-order valence-electron chi connectivity index (χ1n) is 9.00. The highest BCUT2D eigenvalue weighted by Gasteiger charge is 2.28. The van der Waals surface area contributed by atoms with E-state index >= 15 is 0 Å². The molecule has 0 radical (unpaired) electrons. The van der Waals surface area contributed by atoms with Crippen LogP contribution in [0.5, 0.6) is 0 Å². The first kappa shape index (κ1) is 19.2. The minimum Gasteiger partial charge on any atom is -0.481 e. The smallest absolute Gasteiger partial charge is 0.303 e. The highest BCUT2D eigenvalue weighted by atomic mass is 16.4. The lowest BCUT2D eigenvalue weighted by Crippen LogP contribution is -2.32. The number of unbranched alkanes of at least 4 members (excludes halogenated alkanes) is 3. The van der Waals surface area contributed by atoms with Crippen molar-refractivity contribution in [3.8, 4) is 0 Å². The molecule has 1 fully saturated rings. The van der Waals surface area contributed by atoms with Crippen LogP contribution in [0, 0.1) is 0 Å². The Morgan fingerprint density at radius 3 is 2.64 bits per heavy atom. The highest BCUT2D eigenvalue weighted by Crippen LogP contribution is 2.22. The summed E-state index contributed by atoms with van der Waals surface area (Å²) in [6.07, 6.45) is 7.98. The lowest BCUT2D eigenvalue weighted by Gasteiger charge is -2.22. The predicted octanol–water partition coefficient (Wildman–Crippen LogP) is 3.30. The van der Waals surface area contributed by atoms with Gasteiger partial charge in [-0.25, -0.2) is 0 Å². The summed E-state index contributed by atoms with van der Waals surface area (Å²) in [6.45, 7) is 0.697. The fourth-order valence-corrected chi connectivity index (χ4v) is 3.15. The highest BCUT2D eigenvalue weighted by molar-refractivity contribution is 5.79. The number of carboxylic acids is 1. The molecule has 2 atom stereocenters. The van der Waals surface area contributed by atoms with Gasteiger partial charge < -0.3 is 15.1 Å². The van der Waals surface area contributed by atoms with Crippen molar-refractivity contribution in [2.75, 3.05) is 6.54 Å². The predicted molar refractivity (Wildman–Crippen MR) is 96.0 cm³/mol. The molecule has 2 N–H and O–H groups in total. The number of carbonyl (C=O) groups excluding carboxylic acids is 1. The molecule has 2 rings (SSSR count). The van der Waals surface area contributed by atoms with Crippen LogP contribution in [0.15, 0.2) is 42.5 Å². The molecule has 1 aliphatic rings. The SMILES string of the molecule is O=C(O)CCCCCCN1C(=O)CCC1C=C[C@@H](O)c1ccccc1. The van der Waals surface area contributed by atoms with Gasteiger partial charge in [0.2, 0.25) is 5.91 Å². The van der Waals surface area contributed by atoms with Crippen LogP contribution in [0.2, 0.25) is 0 Å². The van der Waals surface area contributed by atoms with Crippen LogP contribution in [0.3, 0.4) is 0 Å². The number of amides is 1. The molecule has 1 unspecified atom stereocenters. The van der Waals surface area contributed by atoms with Crippen LogP contribution in [0.25, 0.3) is 0 Å². The summed E-state index contributed by atoms with van der Waals surface area (Å²) in [5, 5.41) is 18.8. The standard InChI is InChI=1S/C20H27NO4/c22-18(16-8-4-3-5-9-16)13-11-17-12-14-19(23)21(17)15-7-2-1-6-10-20(24)25/h3-5,8-9,11,13,17-18,22H,1-2,6-7,10,12,14-15H2,(H,24,25)/t17?,18-/m1/s1. The Morgan fingerprint density at radius 1 is 1.20 bits per heavy atom. The topological polar surface area (TPSA) is 77.8 Å². The van der Waals surface area contributed by atoms with E-state index in [1.165, 1.54) is 0 Å². The molecule has 136 valence electrons. The second-order valence-corrected chi connectivity index (χ2v) is 6.49. The molecule has 5 nitrogen and oxygen atoms in total. The first-order chi connectivity index (χ1) is 12.1. The van der Waals surface area contributed by atoms with E-state index in [0.29, 0.717) is 19.4 Å². The van der Waals surface area contributed by atoms with Crippen molar-refractivity contribution in [3.05, 3.63) is 48.0 Å². The molecule has 0 saturated carbocycles. The summed E-state index contributed by atoms with van der Waals surface area (Å²) in [5.41, 5.74) is 0.841. The number of benzene rings is 1. The third-order valence-electron chi connectivity index (χ3n) is 4.57. The molecule has 0 spiro atoms.